The van der Waals surface area contributed by atoms with Crippen LogP contribution in [0.1, 0.15) is 25.5 Å². The van der Waals surface area contributed by atoms with Gasteiger partial charge in [-0.25, -0.2) is 4.98 Å². The lowest BCUT2D eigenvalue weighted by molar-refractivity contribution is 0.825. The van der Waals surface area contributed by atoms with E-state index in [-0.39, 0.29) is 0 Å². The standard InChI is InChI=1S/C15H15N3/c1-10(2)13-4-3-5-14(18-13)11-6-8-16-15-12(11)7-9-17-15/h3-10H,1-2H3,(H,16,17). The van der Waals surface area contributed by atoms with Gasteiger partial charge < -0.3 is 4.98 Å². The number of hydrogen-bond donors (Lipinski definition) is 1. The summed E-state index contributed by atoms with van der Waals surface area (Å²) in [5.41, 5.74) is 4.16. The minimum Gasteiger partial charge on any atom is -0.346 e. The van der Waals surface area contributed by atoms with E-state index in [0.717, 1.165) is 28.0 Å². The molecule has 0 saturated heterocycles. The van der Waals surface area contributed by atoms with Gasteiger partial charge in [-0.05, 0) is 30.2 Å². The van der Waals surface area contributed by atoms with Crippen LogP contribution in [0.15, 0.2) is 42.7 Å². The lowest BCUT2D eigenvalue weighted by atomic mass is 10.1. The highest BCUT2D eigenvalue weighted by atomic mass is 14.8. The first kappa shape index (κ1) is 11.0. The number of aromatic amines is 1. The van der Waals surface area contributed by atoms with Crippen molar-refractivity contribution in [3.8, 4) is 11.3 Å². The van der Waals surface area contributed by atoms with Crippen molar-refractivity contribution < 1.29 is 0 Å². The first-order chi connectivity index (χ1) is 8.75. The lowest BCUT2D eigenvalue weighted by Crippen LogP contribution is -1.94. The van der Waals surface area contributed by atoms with Crippen LogP contribution in [-0.4, -0.2) is 15.0 Å². The molecule has 0 aliphatic heterocycles. The molecule has 0 fully saturated rings. The molecule has 3 nitrogen and oxygen atoms in total. The Hall–Kier alpha value is -2.16. The predicted octanol–water partition coefficient (Wildman–Crippen LogP) is 3.75. The highest BCUT2D eigenvalue weighted by Crippen LogP contribution is 2.26. The second-order valence-corrected chi connectivity index (χ2v) is 4.70. The van der Waals surface area contributed by atoms with E-state index in [1.807, 2.05) is 30.6 Å². The molecule has 18 heavy (non-hydrogen) atoms. The van der Waals surface area contributed by atoms with Crippen LogP contribution in [0, 0.1) is 0 Å². The third kappa shape index (κ3) is 1.78. The van der Waals surface area contributed by atoms with Gasteiger partial charge in [-0.2, -0.15) is 0 Å². The molecular formula is C15H15N3. The normalized spacial score (nSPS) is 11.3. The molecule has 0 spiro atoms. The molecule has 0 aliphatic carbocycles. The third-order valence-electron chi connectivity index (χ3n) is 3.10. The van der Waals surface area contributed by atoms with Crippen LogP contribution in [0.4, 0.5) is 0 Å². The molecule has 3 heteroatoms. The van der Waals surface area contributed by atoms with Gasteiger partial charge in [0.05, 0.1) is 5.69 Å². The first-order valence-corrected chi connectivity index (χ1v) is 6.15. The third-order valence-corrected chi connectivity index (χ3v) is 3.10. The zero-order valence-electron chi connectivity index (χ0n) is 10.5. The topological polar surface area (TPSA) is 41.6 Å². The van der Waals surface area contributed by atoms with Crippen LogP contribution in [0.25, 0.3) is 22.3 Å². The fourth-order valence-electron chi connectivity index (χ4n) is 2.11. The molecule has 3 rings (SSSR count). The van der Waals surface area contributed by atoms with Crippen molar-refractivity contribution in [3.63, 3.8) is 0 Å². The Labute approximate surface area is 106 Å². The number of aromatic nitrogens is 3. The smallest absolute Gasteiger partial charge is 0.137 e. The Bertz CT molecular complexity index is 683. The fourth-order valence-corrected chi connectivity index (χ4v) is 2.11. The SMILES string of the molecule is CC(C)c1cccc(-c2ccnc3[nH]ccc23)n1. The average Bonchev–Trinajstić information content (AvgIpc) is 2.87. The van der Waals surface area contributed by atoms with Gasteiger partial charge in [-0.1, -0.05) is 19.9 Å². The maximum absolute atomic E-state index is 4.73. The molecule has 0 bridgehead atoms. The van der Waals surface area contributed by atoms with Crippen LogP contribution in [0.5, 0.6) is 0 Å². The van der Waals surface area contributed by atoms with E-state index in [0.29, 0.717) is 5.92 Å². The fraction of sp³-hybridized carbons (Fsp3) is 0.200. The molecule has 0 radical (unpaired) electrons. The molecule has 0 atom stereocenters. The maximum atomic E-state index is 4.73. The summed E-state index contributed by atoms with van der Waals surface area (Å²) < 4.78 is 0. The molecular weight excluding hydrogens is 222 g/mol. The molecule has 3 heterocycles. The predicted molar refractivity (Wildman–Crippen MR) is 73.4 cm³/mol. The van der Waals surface area contributed by atoms with Crippen LogP contribution < -0.4 is 0 Å². The molecule has 0 amide bonds. The number of nitrogens with zero attached hydrogens (tertiary/aromatic N) is 2. The molecule has 0 unspecified atom stereocenters. The Morgan fingerprint density at radius 2 is 2.00 bits per heavy atom. The van der Waals surface area contributed by atoms with Gasteiger partial charge in [0.25, 0.3) is 0 Å². The first-order valence-electron chi connectivity index (χ1n) is 6.15. The van der Waals surface area contributed by atoms with E-state index in [1.54, 1.807) is 0 Å². The largest absolute Gasteiger partial charge is 0.346 e. The van der Waals surface area contributed by atoms with Crippen molar-refractivity contribution in [1.29, 1.82) is 0 Å². The summed E-state index contributed by atoms with van der Waals surface area (Å²) >= 11 is 0. The second kappa shape index (κ2) is 4.26. The van der Waals surface area contributed by atoms with Gasteiger partial charge >= 0.3 is 0 Å². The van der Waals surface area contributed by atoms with Gasteiger partial charge in [0.15, 0.2) is 0 Å². The maximum Gasteiger partial charge on any atom is 0.137 e. The minimum absolute atomic E-state index is 0.438. The molecule has 0 saturated carbocycles. The van der Waals surface area contributed by atoms with E-state index < -0.39 is 0 Å². The number of rotatable bonds is 2. The van der Waals surface area contributed by atoms with E-state index in [1.165, 1.54) is 0 Å². The second-order valence-electron chi connectivity index (χ2n) is 4.70. The van der Waals surface area contributed by atoms with Crippen molar-refractivity contribution in [2.75, 3.05) is 0 Å². The lowest BCUT2D eigenvalue weighted by Gasteiger charge is -2.07. The van der Waals surface area contributed by atoms with Crippen molar-refractivity contribution >= 4 is 11.0 Å². The Kier molecular flexibility index (Phi) is 2.59. The summed E-state index contributed by atoms with van der Waals surface area (Å²) in [6.45, 7) is 4.31. The number of pyridine rings is 2. The summed E-state index contributed by atoms with van der Waals surface area (Å²) in [7, 11) is 0. The zero-order valence-corrected chi connectivity index (χ0v) is 10.5. The van der Waals surface area contributed by atoms with Gasteiger partial charge in [0, 0.05) is 29.0 Å². The Morgan fingerprint density at radius 3 is 2.83 bits per heavy atom. The number of H-pyrrole nitrogens is 1. The number of fused-ring (bicyclic) bond motifs is 1. The molecule has 0 aromatic carbocycles. The van der Waals surface area contributed by atoms with E-state index >= 15 is 0 Å². The summed E-state index contributed by atoms with van der Waals surface area (Å²) in [4.78, 5) is 12.2. The van der Waals surface area contributed by atoms with Crippen LogP contribution in [0.2, 0.25) is 0 Å². The highest BCUT2D eigenvalue weighted by molar-refractivity contribution is 5.91. The van der Waals surface area contributed by atoms with E-state index in [9.17, 15) is 0 Å². The summed E-state index contributed by atoms with van der Waals surface area (Å²) in [5.74, 6) is 0.438. The van der Waals surface area contributed by atoms with Crippen molar-refractivity contribution in [1.82, 2.24) is 15.0 Å². The molecule has 3 aromatic rings. The van der Waals surface area contributed by atoms with Crippen LogP contribution >= 0.6 is 0 Å². The number of hydrogen-bond acceptors (Lipinski definition) is 2. The molecule has 1 N–H and O–H groups in total. The van der Waals surface area contributed by atoms with Crippen LogP contribution in [0.3, 0.4) is 0 Å². The summed E-state index contributed by atoms with van der Waals surface area (Å²) in [5, 5.41) is 1.12. The van der Waals surface area contributed by atoms with Crippen LogP contribution in [-0.2, 0) is 0 Å². The van der Waals surface area contributed by atoms with Crippen molar-refractivity contribution in [2.45, 2.75) is 19.8 Å². The van der Waals surface area contributed by atoms with Crippen molar-refractivity contribution in [3.05, 3.63) is 48.4 Å². The summed E-state index contributed by atoms with van der Waals surface area (Å²) in [6.07, 6.45) is 3.73. The van der Waals surface area contributed by atoms with Crippen molar-refractivity contribution in [2.24, 2.45) is 0 Å². The quantitative estimate of drug-likeness (QED) is 0.737. The Morgan fingerprint density at radius 1 is 1.11 bits per heavy atom. The Balaban J connectivity index is 2.20. The monoisotopic (exact) mass is 237 g/mol. The zero-order chi connectivity index (χ0) is 12.5. The number of nitrogens with one attached hydrogen (secondary N) is 1. The van der Waals surface area contributed by atoms with Gasteiger partial charge in [0.1, 0.15) is 5.65 Å². The molecule has 0 aliphatic rings. The van der Waals surface area contributed by atoms with Gasteiger partial charge in [-0.15, -0.1) is 0 Å². The van der Waals surface area contributed by atoms with E-state index in [4.69, 9.17) is 4.98 Å². The van der Waals surface area contributed by atoms with E-state index in [2.05, 4.69) is 35.9 Å². The molecule has 90 valence electrons. The minimum atomic E-state index is 0.438. The van der Waals surface area contributed by atoms with Gasteiger partial charge in [-0.3, -0.25) is 4.98 Å². The average molecular weight is 237 g/mol. The molecule has 3 aromatic heterocycles. The highest BCUT2D eigenvalue weighted by Gasteiger charge is 2.08. The summed E-state index contributed by atoms with van der Waals surface area (Å²) in [6, 6.07) is 10.2. The van der Waals surface area contributed by atoms with Gasteiger partial charge in [0.2, 0.25) is 0 Å².